The molecule has 3 aromatic rings. The SMILES string of the molecule is CC(C)(C)S(=O)N[C@@H](Cc1cc(F)cc(F)c1)c1nocc1-c1ccc(Cl)cc1. The molecule has 0 aliphatic carbocycles. The molecule has 4 nitrogen and oxygen atoms in total. The fraction of sp³-hybridized carbons (Fsp3) is 0.286. The van der Waals surface area contributed by atoms with Gasteiger partial charge in [-0.1, -0.05) is 28.9 Å². The van der Waals surface area contributed by atoms with E-state index < -0.39 is 33.4 Å². The van der Waals surface area contributed by atoms with Gasteiger partial charge in [0.1, 0.15) is 23.6 Å². The summed E-state index contributed by atoms with van der Waals surface area (Å²) in [6, 6.07) is 9.83. The van der Waals surface area contributed by atoms with E-state index in [0.29, 0.717) is 21.8 Å². The van der Waals surface area contributed by atoms with Crippen LogP contribution in [0.25, 0.3) is 11.1 Å². The third kappa shape index (κ3) is 5.50. The van der Waals surface area contributed by atoms with Gasteiger partial charge in [0.2, 0.25) is 0 Å². The Morgan fingerprint density at radius 2 is 1.76 bits per heavy atom. The van der Waals surface area contributed by atoms with E-state index in [0.717, 1.165) is 11.6 Å². The van der Waals surface area contributed by atoms with Crippen molar-refractivity contribution in [2.24, 2.45) is 0 Å². The summed E-state index contributed by atoms with van der Waals surface area (Å²) in [5, 5.41) is 4.69. The lowest BCUT2D eigenvalue weighted by molar-refractivity contribution is 0.402. The second-order valence-corrected chi connectivity index (χ2v) is 10.1. The molecular formula is C21H21ClF2N2O2S. The van der Waals surface area contributed by atoms with E-state index in [9.17, 15) is 13.0 Å². The van der Waals surface area contributed by atoms with E-state index in [-0.39, 0.29) is 6.42 Å². The highest BCUT2D eigenvalue weighted by Crippen LogP contribution is 2.31. The smallest absolute Gasteiger partial charge is 0.131 e. The van der Waals surface area contributed by atoms with Crippen LogP contribution < -0.4 is 4.72 Å². The second-order valence-electron chi connectivity index (χ2n) is 7.65. The van der Waals surface area contributed by atoms with Crippen molar-refractivity contribution < 1.29 is 17.5 Å². The molecule has 0 saturated carbocycles. The van der Waals surface area contributed by atoms with E-state index in [1.807, 2.05) is 32.9 Å². The highest BCUT2D eigenvalue weighted by Gasteiger charge is 2.28. The highest BCUT2D eigenvalue weighted by atomic mass is 35.5. The van der Waals surface area contributed by atoms with Gasteiger partial charge >= 0.3 is 0 Å². The molecule has 0 saturated heterocycles. The number of rotatable bonds is 6. The fourth-order valence-electron chi connectivity index (χ4n) is 2.81. The number of halogens is 3. The lowest BCUT2D eigenvalue weighted by atomic mass is 9.98. The summed E-state index contributed by atoms with van der Waals surface area (Å²) < 4.78 is 47.8. The molecule has 0 fully saturated rings. The predicted molar refractivity (Wildman–Crippen MR) is 111 cm³/mol. The molecular weight excluding hydrogens is 418 g/mol. The zero-order valence-electron chi connectivity index (χ0n) is 16.2. The zero-order valence-corrected chi connectivity index (χ0v) is 17.8. The number of nitrogens with one attached hydrogen (secondary N) is 1. The molecule has 29 heavy (non-hydrogen) atoms. The van der Waals surface area contributed by atoms with Crippen LogP contribution in [0, 0.1) is 11.6 Å². The van der Waals surface area contributed by atoms with E-state index in [4.69, 9.17) is 16.1 Å². The number of hydrogen-bond acceptors (Lipinski definition) is 3. The van der Waals surface area contributed by atoms with Gasteiger partial charge in [-0.3, -0.25) is 0 Å². The van der Waals surface area contributed by atoms with Crippen molar-refractivity contribution in [3.05, 3.63) is 76.6 Å². The first kappa shape index (κ1) is 21.6. The summed E-state index contributed by atoms with van der Waals surface area (Å²) in [6.45, 7) is 5.49. The van der Waals surface area contributed by atoms with Crippen LogP contribution in [-0.2, 0) is 17.4 Å². The van der Waals surface area contributed by atoms with Crippen LogP contribution in [0.4, 0.5) is 8.78 Å². The van der Waals surface area contributed by atoms with E-state index in [2.05, 4.69) is 9.88 Å². The Labute approximate surface area is 175 Å². The number of nitrogens with zero attached hydrogens (tertiary/aromatic N) is 1. The molecule has 1 N–H and O–H groups in total. The molecule has 0 spiro atoms. The molecule has 3 rings (SSSR count). The summed E-state index contributed by atoms with van der Waals surface area (Å²) in [6.07, 6.45) is 1.66. The summed E-state index contributed by atoms with van der Waals surface area (Å²) in [4.78, 5) is 0. The molecule has 0 aliphatic heterocycles. The average molecular weight is 439 g/mol. The third-order valence-electron chi connectivity index (χ3n) is 4.25. The molecule has 154 valence electrons. The minimum absolute atomic E-state index is 0.170. The maximum Gasteiger partial charge on any atom is 0.131 e. The van der Waals surface area contributed by atoms with Gasteiger partial charge in [-0.25, -0.2) is 17.7 Å². The first-order chi connectivity index (χ1) is 13.6. The lowest BCUT2D eigenvalue weighted by Gasteiger charge is -2.24. The van der Waals surface area contributed by atoms with Gasteiger partial charge in [0, 0.05) is 16.7 Å². The van der Waals surface area contributed by atoms with Crippen molar-refractivity contribution >= 4 is 22.6 Å². The van der Waals surface area contributed by atoms with E-state index in [1.165, 1.54) is 18.4 Å². The number of hydrogen-bond donors (Lipinski definition) is 1. The maximum absolute atomic E-state index is 13.7. The summed E-state index contributed by atoms with van der Waals surface area (Å²) in [7, 11) is -1.44. The Balaban J connectivity index is 2.00. The first-order valence-corrected chi connectivity index (χ1v) is 10.5. The Bertz CT molecular complexity index is 996. The van der Waals surface area contributed by atoms with Gasteiger partial charge in [-0.15, -0.1) is 0 Å². The molecule has 2 atom stereocenters. The predicted octanol–water partition coefficient (Wildman–Crippen LogP) is 5.61. The van der Waals surface area contributed by atoms with Crippen LogP contribution in [0.2, 0.25) is 5.02 Å². The molecule has 2 aromatic carbocycles. The van der Waals surface area contributed by atoms with Crippen molar-refractivity contribution in [3.8, 4) is 11.1 Å². The van der Waals surface area contributed by atoms with Gasteiger partial charge in [-0.05, 0) is 62.6 Å². The van der Waals surface area contributed by atoms with Crippen molar-refractivity contribution in [2.75, 3.05) is 0 Å². The molecule has 1 unspecified atom stereocenters. The van der Waals surface area contributed by atoms with Crippen molar-refractivity contribution in [1.82, 2.24) is 9.88 Å². The molecule has 0 aliphatic rings. The topological polar surface area (TPSA) is 55.1 Å². The summed E-state index contributed by atoms with van der Waals surface area (Å²) >= 11 is 5.97. The van der Waals surface area contributed by atoms with Gasteiger partial charge in [0.25, 0.3) is 0 Å². The Kier molecular flexibility index (Phi) is 6.51. The van der Waals surface area contributed by atoms with Crippen LogP contribution in [-0.4, -0.2) is 14.1 Å². The lowest BCUT2D eigenvalue weighted by Crippen LogP contribution is -2.36. The van der Waals surface area contributed by atoms with Crippen molar-refractivity contribution in [3.63, 3.8) is 0 Å². The fourth-order valence-corrected chi connectivity index (χ4v) is 3.74. The Hall–Kier alpha value is -2.09. The van der Waals surface area contributed by atoms with Gasteiger partial charge in [-0.2, -0.15) is 0 Å². The molecule has 1 aromatic heterocycles. The summed E-state index contributed by atoms with van der Waals surface area (Å²) in [5.74, 6) is -1.34. The molecule has 0 radical (unpaired) electrons. The third-order valence-corrected chi connectivity index (χ3v) is 6.11. The molecule has 1 heterocycles. The largest absolute Gasteiger partial charge is 0.364 e. The van der Waals surface area contributed by atoms with E-state index in [1.54, 1.807) is 12.1 Å². The molecule has 8 heteroatoms. The van der Waals surface area contributed by atoms with Gasteiger partial charge in [0.15, 0.2) is 0 Å². The first-order valence-electron chi connectivity index (χ1n) is 8.96. The second kappa shape index (κ2) is 8.73. The number of aromatic nitrogens is 1. The summed E-state index contributed by atoms with van der Waals surface area (Å²) in [5.41, 5.74) is 2.40. The average Bonchev–Trinajstić information content (AvgIpc) is 3.09. The molecule has 0 bridgehead atoms. The zero-order chi connectivity index (χ0) is 21.2. The molecule has 0 amide bonds. The standard InChI is InChI=1S/C21H21ClF2N2O2S/c1-21(2,3)29(27)26-19(10-13-8-16(23)11-17(24)9-13)20-18(12-28-25-20)14-4-6-15(22)7-5-14/h4-9,11-12,19,26H,10H2,1-3H3/t19-,29?/m0/s1. The van der Waals surface area contributed by atoms with Crippen molar-refractivity contribution in [2.45, 2.75) is 38.0 Å². The van der Waals surface area contributed by atoms with Crippen LogP contribution in [0.3, 0.4) is 0 Å². The van der Waals surface area contributed by atoms with Crippen LogP contribution in [0.15, 0.2) is 53.3 Å². The Morgan fingerprint density at radius 1 is 1.14 bits per heavy atom. The Morgan fingerprint density at radius 3 is 2.34 bits per heavy atom. The minimum Gasteiger partial charge on any atom is -0.364 e. The van der Waals surface area contributed by atoms with Crippen molar-refractivity contribution in [1.29, 1.82) is 0 Å². The quantitative estimate of drug-likeness (QED) is 0.544. The van der Waals surface area contributed by atoms with Crippen LogP contribution in [0.1, 0.15) is 38.1 Å². The van der Waals surface area contributed by atoms with Crippen LogP contribution >= 0.6 is 11.6 Å². The van der Waals surface area contributed by atoms with Gasteiger partial charge in [0.05, 0.1) is 21.8 Å². The van der Waals surface area contributed by atoms with Crippen LogP contribution in [0.5, 0.6) is 0 Å². The highest BCUT2D eigenvalue weighted by molar-refractivity contribution is 7.84. The van der Waals surface area contributed by atoms with E-state index >= 15 is 0 Å². The number of benzene rings is 2. The minimum atomic E-state index is -1.44. The normalized spacial score (nSPS) is 14.0. The maximum atomic E-state index is 13.7. The monoisotopic (exact) mass is 438 g/mol. The van der Waals surface area contributed by atoms with Gasteiger partial charge < -0.3 is 4.52 Å².